The fraction of sp³-hybridized carbons (Fsp3) is 0.0588. The third-order valence-electron chi connectivity index (χ3n) is 12.0. The molecule has 264 valence electrons. The zero-order valence-electron chi connectivity index (χ0n) is 30.6. The third-order valence-corrected chi connectivity index (χ3v) is 13.1. The summed E-state index contributed by atoms with van der Waals surface area (Å²) in [6.07, 6.45) is 9.04. The van der Waals surface area contributed by atoms with E-state index in [4.69, 9.17) is 9.97 Å². The average Bonchev–Trinajstić information content (AvgIpc) is 3.87. The molecule has 0 amide bonds. The molecule has 4 nitrogen and oxygen atoms in total. The van der Waals surface area contributed by atoms with Gasteiger partial charge in [0.25, 0.3) is 0 Å². The van der Waals surface area contributed by atoms with Gasteiger partial charge in [0.1, 0.15) is 4.83 Å². The summed E-state index contributed by atoms with van der Waals surface area (Å²) in [6.45, 7) is 2.34. The van der Waals surface area contributed by atoms with Gasteiger partial charge in [-0.05, 0) is 77.9 Å². The molecule has 0 saturated heterocycles. The Morgan fingerprint density at radius 2 is 1.32 bits per heavy atom. The molecule has 0 radical (unpaired) electrons. The largest absolute Gasteiger partial charge is 0.331 e. The Labute approximate surface area is 327 Å². The molecule has 2 atom stereocenters. The van der Waals surface area contributed by atoms with Crippen LogP contribution in [-0.2, 0) is 0 Å². The van der Waals surface area contributed by atoms with E-state index in [0.29, 0.717) is 0 Å². The Morgan fingerprint density at radius 3 is 2.18 bits per heavy atom. The summed E-state index contributed by atoms with van der Waals surface area (Å²) >= 11 is 1.74. The van der Waals surface area contributed by atoms with Crippen molar-refractivity contribution in [2.45, 2.75) is 18.4 Å². The molecule has 3 aromatic heterocycles. The maximum atomic E-state index is 5.46. The summed E-state index contributed by atoms with van der Waals surface area (Å²) in [4.78, 5) is 14.3. The molecule has 12 rings (SSSR count). The molecule has 1 aliphatic heterocycles. The van der Waals surface area contributed by atoms with Gasteiger partial charge in [-0.2, -0.15) is 0 Å². The van der Waals surface area contributed by atoms with Crippen LogP contribution in [0.25, 0.3) is 81.2 Å². The SMILES string of the molecule is CC12C=CC=CC1c1ccc(-c3nc(-c4ccc(-n5c6ccccc6c6cc7ccccc7cc65)cc4)c4c(n3)sc3ccccc34)cc1N2c1ccccc1. The number of hydrogen-bond donors (Lipinski definition) is 0. The Morgan fingerprint density at radius 1 is 0.589 bits per heavy atom. The molecule has 56 heavy (non-hydrogen) atoms. The predicted octanol–water partition coefficient (Wildman–Crippen LogP) is 13.5. The fourth-order valence-electron chi connectivity index (χ4n) is 9.41. The van der Waals surface area contributed by atoms with Crippen LogP contribution in [0.5, 0.6) is 0 Å². The van der Waals surface area contributed by atoms with Crippen molar-refractivity contribution in [2.75, 3.05) is 4.90 Å². The van der Waals surface area contributed by atoms with E-state index in [0.717, 1.165) is 38.5 Å². The van der Waals surface area contributed by atoms with Gasteiger partial charge in [-0.25, -0.2) is 9.97 Å². The molecule has 10 aromatic rings. The van der Waals surface area contributed by atoms with E-state index >= 15 is 0 Å². The first-order valence-electron chi connectivity index (χ1n) is 19.2. The van der Waals surface area contributed by atoms with Crippen molar-refractivity contribution in [2.24, 2.45) is 0 Å². The second-order valence-electron chi connectivity index (χ2n) is 15.2. The Bertz CT molecular complexity index is 3280. The number of para-hydroxylation sites is 2. The second kappa shape index (κ2) is 11.8. The normalized spacial score (nSPS) is 17.4. The molecule has 4 heterocycles. The van der Waals surface area contributed by atoms with Crippen LogP contribution >= 0.6 is 11.3 Å². The molecule has 0 saturated carbocycles. The zero-order valence-corrected chi connectivity index (χ0v) is 31.4. The van der Waals surface area contributed by atoms with Gasteiger partial charge in [-0.1, -0.05) is 127 Å². The Hall–Kier alpha value is -6.82. The number of nitrogens with zero attached hydrogens (tertiary/aromatic N) is 4. The number of fused-ring (bicyclic) bond motifs is 10. The molecule has 5 heteroatoms. The van der Waals surface area contributed by atoms with Crippen LogP contribution in [0.3, 0.4) is 0 Å². The molecule has 1 aliphatic carbocycles. The smallest absolute Gasteiger partial charge is 0.161 e. The van der Waals surface area contributed by atoms with E-state index in [9.17, 15) is 0 Å². The lowest BCUT2D eigenvalue weighted by Crippen LogP contribution is -2.41. The van der Waals surface area contributed by atoms with E-state index in [1.807, 2.05) is 0 Å². The highest BCUT2D eigenvalue weighted by molar-refractivity contribution is 7.25. The van der Waals surface area contributed by atoms with Gasteiger partial charge in [0, 0.05) is 60.4 Å². The summed E-state index contributed by atoms with van der Waals surface area (Å²) in [6, 6.07) is 57.1. The van der Waals surface area contributed by atoms with Crippen LogP contribution in [-0.4, -0.2) is 20.1 Å². The van der Waals surface area contributed by atoms with Crippen LogP contribution in [0.2, 0.25) is 0 Å². The minimum Gasteiger partial charge on any atom is -0.331 e. The van der Waals surface area contributed by atoms with Gasteiger partial charge in [0.05, 0.1) is 22.3 Å². The van der Waals surface area contributed by atoms with Gasteiger partial charge in [0.15, 0.2) is 5.82 Å². The third kappa shape index (κ3) is 4.52. The minimum absolute atomic E-state index is 0.219. The summed E-state index contributed by atoms with van der Waals surface area (Å²) in [5.41, 5.74) is 10.0. The highest BCUT2D eigenvalue weighted by atomic mass is 32.1. The van der Waals surface area contributed by atoms with Crippen LogP contribution in [0.4, 0.5) is 11.4 Å². The van der Waals surface area contributed by atoms with Gasteiger partial charge in [0.2, 0.25) is 0 Å². The molecule has 2 unspecified atom stereocenters. The van der Waals surface area contributed by atoms with Gasteiger partial charge < -0.3 is 9.47 Å². The summed E-state index contributed by atoms with van der Waals surface area (Å²) in [7, 11) is 0. The maximum absolute atomic E-state index is 5.46. The van der Waals surface area contributed by atoms with Crippen molar-refractivity contribution < 1.29 is 0 Å². The number of aromatic nitrogens is 3. The number of thiophene rings is 1. The lowest BCUT2D eigenvalue weighted by molar-refractivity contribution is 0.542. The standard InChI is InChI=1S/C51H34N4S/c1-51-28-12-11-19-42(51)39-27-24-35(31-45(39)55(51)37-15-3-2-4-16-37)49-52-48(47-40-18-8-10-21-46(40)56-50(47)53-49)32-22-25-36(26-23-32)54-43-20-9-7-17-38(43)41-29-33-13-5-6-14-34(33)30-44(41)54/h2-31,42H,1H3. The van der Waals surface area contributed by atoms with E-state index in [1.54, 1.807) is 11.3 Å². The van der Waals surface area contributed by atoms with E-state index in [-0.39, 0.29) is 11.5 Å². The maximum Gasteiger partial charge on any atom is 0.161 e. The van der Waals surface area contributed by atoms with Crippen molar-refractivity contribution in [1.29, 1.82) is 0 Å². The molecule has 0 fully saturated rings. The van der Waals surface area contributed by atoms with E-state index < -0.39 is 0 Å². The van der Waals surface area contributed by atoms with E-state index in [2.05, 4.69) is 198 Å². The van der Waals surface area contributed by atoms with E-state index in [1.165, 1.54) is 59.6 Å². The first-order valence-corrected chi connectivity index (χ1v) is 20.0. The van der Waals surface area contributed by atoms with Crippen molar-refractivity contribution in [3.63, 3.8) is 0 Å². The molecule has 2 aliphatic rings. The van der Waals surface area contributed by atoms with Crippen molar-refractivity contribution in [3.05, 3.63) is 188 Å². The number of benzene rings is 7. The Balaban J connectivity index is 1.03. The first kappa shape index (κ1) is 31.5. The van der Waals surface area contributed by atoms with Crippen LogP contribution in [0.15, 0.2) is 182 Å². The topological polar surface area (TPSA) is 34.0 Å². The molecule has 7 aromatic carbocycles. The molecule has 0 bridgehead atoms. The number of allylic oxidation sites excluding steroid dienone is 2. The number of hydrogen-bond acceptors (Lipinski definition) is 4. The van der Waals surface area contributed by atoms with Crippen molar-refractivity contribution in [1.82, 2.24) is 14.5 Å². The summed E-state index contributed by atoms with van der Waals surface area (Å²) in [5.74, 6) is 0.976. The average molecular weight is 735 g/mol. The lowest BCUT2D eigenvalue weighted by atomic mass is 9.80. The quantitative estimate of drug-likeness (QED) is 0.181. The predicted molar refractivity (Wildman–Crippen MR) is 236 cm³/mol. The first-order chi connectivity index (χ1) is 27.6. The van der Waals surface area contributed by atoms with Crippen LogP contribution in [0.1, 0.15) is 18.4 Å². The number of anilines is 2. The van der Waals surface area contributed by atoms with Gasteiger partial charge in [-0.15, -0.1) is 11.3 Å². The Kier molecular flexibility index (Phi) is 6.66. The highest BCUT2D eigenvalue weighted by Gasteiger charge is 2.47. The summed E-state index contributed by atoms with van der Waals surface area (Å²) < 4.78 is 3.61. The summed E-state index contributed by atoms with van der Waals surface area (Å²) in [5, 5.41) is 7.29. The van der Waals surface area contributed by atoms with Crippen LogP contribution in [0, 0.1) is 0 Å². The minimum atomic E-state index is -0.219. The zero-order chi connectivity index (χ0) is 37.0. The second-order valence-corrected chi connectivity index (χ2v) is 16.2. The molecular weight excluding hydrogens is 701 g/mol. The fourth-order valence-corrected chi connectivity index (χ4v) is 10.5. The molecule has 0 N–H and O–H groups in total. The van der Waals surface area contributed by atoms with Crippen LogP contribution < -0.4 is 4.90 Å². The lowest BCUT2D eigenvalue weighted by Gasteiger charge is -2.39. The molecule has 0 spiro atoms. The van der Waals surface area contributed by atoms with Crippen molar-refractivity contribution in [3.8, 4) is 28.3 Å². The van der Waals surface area contributed by atoms with Crippen molar-refractivity contribution >= 4 is 75.6 Å². The molecular formula is C51H34N4S. The van der Waals surface area contributed by atoms with Gasteiger partial charge >= 0.3 is 0 Å². The van der Waals surface area contributed by atoms with Gasteiger partial charge in [-0.3, -0.25) is 0 Å². The monoisotopic (exact) mass is 734 g/mol. The highest BCUT2D eigenvalue weighted by Crippen LogP contribution is 2.54. The number of rotatable bonds is 4.